The number of hydrogen-bond acceptors (Lipinski definition) is 4. The second-order valence-corrected chi connectivity index (χ2v) is 6.11. The minimum Gasteiger partial charge on any atom is -0.481 e. The van der Waals surface area contributed by atoms with Crippen molar-refractivity contribution < 1.29 is 19.4 Å². The molecular formula is C16H20N2O4. The van der Waals surface area contributed by atoms with E-state index in [9.17, 15) is 14.7 Å². The summed E-state index contributed by atoms with van der Waals surface area (Å²) in [6.45, 7) is 2.42. The number of nitrogens with zero attached hydrogens (tertiary/aromatic N) is 1. The molecule has 22 heavy (non-hydrogen) atoms. The highest BCUT2D eigenvalue weighted by Gasteiger charge is 2.56. The van der Waals surface area contributed by atoms with Gasteiger partial charge in [-0.25, -0.2) is 0 Å². The van der Waals surface area contributed by atoms with Gasteiger partial charge in [-0.3, -0.25) is 14.5 Å². The predicted molar refractivity (Wildman–Crippen MR) is 79.1 cm³/mol. The zero-order valence-electron chi connectivity index (χ0n) is 12.3. The molecule has 2 aliphatic rings. The average molecular weight is 304 g/mol. The van der Waals surface area contributed by atoms with Crippen molar-refractivity contribution in [2.75, 3.05) is 32.8 Å². The number of carboxylic acid groups (broad SMARTS) is 1. The van der Waals surface area contributed by atoms with Gasteiger partial charge in [0.1, 0.15) is 5.41 Å². The maximum Gasteiger partial charge on any atom is 0.313 e. The highest BCUT2D eigenvalue weighted by atomic mass is 16.5. The van der Waals surface area contributed by atoms with Crippen LogP contribution in [-0.2, 0) is 20.9 Å². The Labute approximate surface area is 129 Å². The van der Waals surface area contributed by atoms with E-state index in [1.165, 1.54) is 0 Å². The van der Waals surface area contributed by atoms with E-state index in [-0.39, 0.29) is 25.0 Å². The fourth-order valence-corrected chi connectivity index (χ4v) is 3.32. The second-order valence-electron chi connectivity index (χ2n) is 6.11. The molecule has 0 saturated carbocycles. The molecule has 6 nitrogen and oxygen atoms in total. The second kappa shape index (κ2) is 6.06. The van der Waals surface area contributed by atoms with Gasteiger partial charge < -0.3 is 15.2 Å². The number of carbonyl (C=O) groups is 2. The molecule has 0 radical (unpaired) electrons. The van der Waals surface area contributed by atoms with Gasteiger partial charge in [-0.1, -0.05) is 30.3 Å². The van der Waals surface area contributed by atoms with Crippen LogP contribution in [0.4, 0.5) is 0 Å². The van der Waals surface area contributed by atoms with E-state index in [0.717, 1.165) is 5.56 Å². The third-order valence-corrected chi connectivity index (χ3v) is 4.57. The lowest BCUT2D eigenvalue weighted by atomic mass is 9.81. The first kappa shape index (κ1) is 15.0. The number of aliphatic carboxylic acids is 1. The third-order valence-electron chi connectivity index (χ3n) is 4.57. The maximum absolute atomic E-state index is 12.0. The zero-order chi connectivity index (χ0) is 15.6. The van der Waals surface area contributed by atoms with E-state index in [4.69, 9.17) is 4.74 Å². The summed E-state index contributed by atoms with van der Waals surface area (Å²) < 4.78 is 5.33. The Kier molecular flexibility index (Phi) is 4.13. The largest absolute Gasteiger partial charge is 0.481 e. The first-order valence-corrected chi connectivity index (χ1v) is 7.44. The molecule has 1 aromatic carbocycles. The average Bonchev–Trinajstić information content (AvgIpc) is 3.04. The first-order chi connectivity index (χ1) is 10.6. The van der Waals surface area contributed by atoms with Crippen LogP contribution >= 0.6 is 0 Å². The van der Waals surface area contributed by atoms with Crippen LogP contribution < -0.4 is 5.32 Å². The van der Waals surface area contributed by atoms with Crippen LogP contribution in [0.15, 0.2) is 30.3 Å². The van der Waals surface area contributed by atoms with Gasteiger partial charge >= 0.3 is 5.97 Å². The van der Waals surface area contributed by atoms with Crippen LogP contribution in [0.25, 0.3) is 0 Å². The van der Waals surface area contributed by atoms with E-state index in [1.54, 1.807) is 0 Å². The fourth-order valence-electron chi connectivity index (χ4n) is 3.32. The first-order valence-electron chi connectivity index (χ1n) is 7.44. The highest BCUT2D eigenvalue weighted by Crippen LogP contribution is 2.41. The number of rotatable bonds is 5. The van der Waals surface area contributed by atoms with Crippen LogP contribution in [0.2, 0.25) is 0 Å². The molecule has 3 rings (SSSR count). The topological polar surface area (TPSA) is 78.9 Å². The number of carboxylic acids is 1. The fraction of sp³-hybridized carbons (Fsp3) is 0.500. The molecule has 0 unspecified atom stereocenters. The van der Waals surface area contributed by atoms with Crippen molar-refractivity contribution in [2.24, 2.45) is 11.3 Å². The molecular weight excluding hydrogens is 284 g/mol. The molecule has 1 aromatic rings. The summed E-state index contributed by atoms with van der Waals surface area (Å²) in [5, 5.41) is 12.3. The smallest absolute Gasteiger partial charge is 0.313 e. The van der Waals surface area contributed by atoms with Gasteiger partial charge in [0, 0.05) is 25.6 Å². The summed E-state index contributed by atoms with van der Waals surface area (Å²) in [7, 11) is 0. The predicted octanol–water partition coefficient (Wildman–Crippen LogP) is 0.336. The summed E-state index contributed by atoms with van der Waals surface area (Å²) in [6, 6.07) is 9.70. The highest BCUT2D eigenvalue weighted by molar-refractivity contribution is 5.79. The molecule has 2 heterocycles. The van der Waals surface area contributed by atoms with Crippen LogP contribution in [0.1, 0.15) is 5.56 Å². The van der Waals surface area contributed by atoms with E-state index in [0.29, 0.717) is 26.2 Å². The lowest BCUT2D eigenvalue weighted by Gasteiger charge is -2.21. The van der Waals surface area contributed by atoms with Gasteiger partial charge in [0.2, 0.25) is 5.91 Å². The molecule has 2 saturated heterocycles. The van der Waals surface area contributed by atoms with E-state index in [2.05, 4.69) is 5.32 Å². The van der Waals surface area contributed by atoms with Gasteiger partial charge in [-0.15, -0.1) is 0 Å². The normalized spacial score (nSPS) is 27.5. The molecule has 0 aliphatic carbocycles. The maximum atomic E-state index is 12.0. The van der Waals surface area contributed by atoms with Crippen LogP contribution in [-0.4, -0.2) is 54.7 Å². The van der Waals surface area contributed by atoms with Crippen molar-refractivity contribution >= 4 is 11.9 Å². The Morgan fingerprint density at radius 3 is 2.82 bits per heavy atom. The third kappa shape index (κ3) is 2.84. The molecule has 2 aliphatic heterocycles. The summed E-state index contributed by atoms with van der Waals surface area (Å²) in [5.74, 6) is -0.917. The minimum absolute atomic E-state index is 0.0214. The standard InChI is InChI=1S/C16H20N2O4/c19-14(17-6-12-4-2-1-3-5-12)8-18-7-13-9-22-11-16(13,10-18)15(20)21/h1-5,13H,6-11H2,(H,17,19)(H,20,21)/t13-,16-/m1/s1. The Morgan fingerprint density at radius 2 is 2.14 bits per heavy atom. The number of fused-ring (bicyclic) bond motifs is 1. The summed E-state index contributed by atoms with van der Waals surface area (Å²) in [5.41, 5.74) is 0.212. The van der Waals surface area contributed by atoms with Crippen molar-refractivity contribution in [1.82, 2.24) is 10.2 Å². The van der Waals surface area contributed by atoms with Crippen LogP contribution in [0.5, 0.6) is 0 Å². The van der Waals surface area contributed by atoms with Gasteiger partial charge in [-0.2, -0.15) is 0 Å². The number of likely N-dealkylation sites (tertiary alicyclic amines) is 1. The molecule has 118 valence electrons. The molecule has 6 heteroatoms. The molecule has 2 N–H and O–H groups in total. The Morgan fingerprint density at radius 1 is 1.36 bits per heavy atom. The number of carbonyl (C=O) groups excluding carboxylic acids is 1. The van der Waals surface area contributed by atoms with Gasteiger partial charge in [0.15, 0.2) is 0 Å². The quantitative estimate of drug-likeness (QED) is 0.820. The van der Waals surface area contributed by atoms with Crippen molar-refractivity contribution in [2.45, 2.75) is 6.54 Å². The Balaban J connectivity index is 1.52. The van der Waals surface area contributed by atoms with Gasteiger partial charge in [-0.05, 0) is 5.56 Å². The van der Waals surface area contributed by atoms with Crippen molar-refractivity contribution in [3.8, 4) is 0 Å². The zero-order valence-corrected chi connectivity index (χ0v) is 12.3. The number of nitrogens with one attached hydrogen (secondary N) is 1. The number of hydrogen-bond donors (Lipinski definition) is 2. The van der Waals surface area contributed by atoms with Gasteiger partial charge in [0.05, 0.1) is 19.8 Å². The monoisotopic (exact) mass is 304 g/mol. The molecule has 0 aromatic heterocycles. The SMILES string of the molecule is O=C(CN1C[C@@H]2COC[C@]2(C(=O)O)C1)NCc1ccccc1. The summed E-state index contributed by atoms with van der Waals surface area (Å²) >= 11 is 0. The van der Waals surface area contributed by atoms with Crippen molar-refractivity contribution in [1.29, 1.82) is 0 Å². The molecule has 2 atom stereocenters. The molecule has 0 bridgehead atoms. The van der Waals surface area contributed by atoms with Crippen LogP contribution in [0, 0.1) is 11.3 Å². The number of ether oxygens (including phenoxy) is 1. The van der Waals surface area contributed by atoms with Crippen LogP contribution in [0.3, 0.4) is 0 Å². The minimum atomic E-state index is -0.834. The number of amides is 1. The lowest BCUT2D eigenvalue weighted by molar-refractivity contribution is -0.149. The van der Waals surface area contributed by atoms with Crippen molar-refractivity contribution in [3.05, 3.63) is 35.9 Å². The number of benzene rings is 1. The Hall–Kier alpha value is -1.92. The molecule has 1 amide bonds. The molecule has 2 fully saturated rings. The van der Waals surface area contributed by atoms with E-state index in [1.807, 2.05) is 35.2 Å². The summed E-state index contributed by atoms with van der Waals surface area (Å²) in [4.78, 5) is 25.5. The summed E-state index contributed by atoms with van der Waals surface area (Å²) in [6.07, 6.45) is 0. The van der Waals surface area contributed by atoms with Crippen molar-refractivity contribution in [3.63, 3.8) is 0 Å². The molecule has 0 spiro atoms. The lowest BCUT2D eigenvalue weighted by Crippen LogP contribution is -2.41. The Bertz CT molecular complexity index is 563. The van der Waals surface area contributed by atoms with Gasteiger partial charge in [0.25, 0.3) is 0 Å². The van der Waals surface area contributed by atoms with E-state index >= 15 is 0 Å². The van der Waals surface area contributed by atoms with E-state index < -0.39 is 11.4 Å².